The second kappa shape index (κ2) is 7.07. The van der Waals surface area contributed by atoms with Gasteiger partial charge in [0, 0.05) is 16.6 Å². The van der Waals surface area contributed by atoms with Crippen molar-refractivity contribution in [2.75, 3.05) is 13.7 Å². The predicted octanol–water partition coefficient (Wildman–Crippen LogP) is 2.25. The molecular formula is C10H10Cl2INO4S. The Morgan fingerprint density at radius 2 is 1.89 bits per heavy atom. The van der Waals surface area contributed by atoms with E-state index < -0.39 is 19.9 Å². The number of rotatable bonds is 5. The molecule has 0 heterocycles. The fourth-order valence-electron chi connectivity index (χ4n) is 1.16. The second-order valence-corrected chi connectivity index (χ2v) is 7.59. The first kappa shape index (κ1) is 17.0. The first-order valence-electron chi connectivity index (χ1n) is 4.94. The average molecular weight is 438 g/mol. The molecule has 9 heteroatoms. The predicted molar refractivity (Wildman–Crippen MR) is 81.5 cm³/mol. The first-order chi connectivity index (χ1) is 8.76. The number of carbonyl (C=O) groups excluding carboxylic acids is 1. The molecule has 19 heavy (non-hydrogen) atoms. The summed E-state index contributed by atoms with van der Waals surface area (Å²) in [7, 11) is -2.54. The van der Waals surface area contributed by atoms with E-state index in [-0.39, 0.29) is 21.5 Å². The van der Waals surface area contributed by atoms with Crippen molar-refractivity contribution in [2.24, 2.45) is 0 Å². The van der Waals surface area contributed by atoms with Gasteiger partial charge in [-0.15, -0.1) is 0 Å². The maximum absolute atomic E-state index is 12.0. The van der Waals surface area contributed by atoms with Crippen LogP contribution in [0.1, 0.15) is 0 Å². The molecule has 1 aromatic rings. The second-order valence-electron chi connectivity index (χ2n) is 3.45. The Bertz CT molecular complexity index is 559. The van der Waals surface area contributed by atoms with Crippen molar-refractivity contribution in [1.82, 2.24) is 4.72 Å². The molecule has 0 fully saturated rings. The summed E-state index contributed by atoms with van der Waals surface area (Å²) >= 11 is 13.3. The molecule has 0 bridgehead atoms. The van der Waals surface area contributed by atoms with Gasteiger partial charge < -0.3 is 4.74 Å². The minimum Gasteiger partial charge on any atom is -0.468 e. The lowest BCUT2D eigenvalue weighted by Crippen LogP contribution is -2.33. The topological polar surface area (TPSA) is 72.5 Å². The third kappa shape index (κ3) is 5.07. The maximum atomic E-state index is 12.0. The smallest absolute Gasteiger partial charge is 0.319 e. The zero-order chi connectivity index (χ0) is 14.6. The van der Waals surface area contributed by atoms with Gasteiger partial charge in [-0.05, 0) is 18.2 Å². The summed E-state index contributed by atoms with van der Waals surface area (Å²) in [5.74, 6) is -0.507. The normalized spacial score (nSPS) is 13.1. The summed E-state index contributed by atoms with van der Waals surface area (Å²) in [5.41, 5.74) is 0. The molecule has 0 saturated carbocycles. The first-order valence-corrected chi connectivity index (χ1v) is 8.42. The lowest BCUT2D eigenvalue weighted by atomic mass is 10.4. The van der Waals surface area contributed by atoms with Gasteiger partial charge >= 0.3 is 5.97 Å². The lowest BCUT2D eigenvalue weighted by molar-refractivity contribution is -0.139. The largest absolute Gasteiger partial charge is 0.468 e. The molecule has 1 rings (SSSR count). The molecule has 1 atom stereocenters. The highest BCUT2D eigenvalue weighted by Gasteiger charge is 2.20. The van der Waals surface area contributed by atoms with E-state index in [1.165, 1.54) is 25.3 Å². The third-order valence-electron chi connectivity index (χ3n) is 2.06. The van der Waals surface area contributed by atoms with E-state index in [9.17, 15) is 13.2 Å². The highest BCUT2D eigenvalue weighted by molar-refractivity contribution is 14.1. The van der Waals surface area contributed by atoms with E-state index in [4.69, 9.17) is 23.2 Å². The van der Waals surface area contributed by atoms with Gasteiger partial charge in [0.2, 0.25) is 10.0 Å². The Kier molecular flexibility index (Phi) is 6.31. The molecule has 0 aliphatic rings. The number of nitrogens with one attached hydrogen (secondary N) is 1. The van der Waals surface area contributed by atoms with Crippen molar-refractivity contribution in [1.29, 1.82) is 0 Å². The van der Waals surface area contributed by atoms with Crippen molar-refractivity contribution in [3.63, 3.8) is 0 Å². The van der Waals surface area contributed by atoms with Crippen molar-refractivity contribution < 1.29 is 17.9 Å². The van der Waals surface area contributed by atoms with E-state index in [0.717, 1.165) is 0 Å². The van der Waals surface area contributed by atoms with Crippen LogP contribution in [0.2, 0.25) is 10.0 Å². The van der Waals surface area contributed by atoms with Crippen LogP contribution in [-0.2, 0) is 19.6 Å². The molecule has 1 aromatic carbocycles. The highest BCUT2D eigenvalue weighted by Crippen LogP contribution is 2.22. The van der Waals surface area contributed by atoms with Gasteiger partial charge in [0.15, 0.2) is 0 Å². The maximum Gasteiger partial charge on any atom is 0.319 e. The number of ether oxygens (including phenoxy) is 1. The van der Waals surface area contributed by atoms with Crippen LogP contribution in [-0.4, -0.2) is 32.0 Å². The summed E-state index contributed by atoms with van der Waals surface area (Å²) < 4.78 is 30.1. The van der Waals surface area contributed by atoms with Gasteiger partial charge in [-0.25, -0.2) is 13.1 Å². The Morgan fingerprint density at radius 1 is 1.37 bits per heavy atom. The SMILES string of the molecule is COC(=O)C(I)CNS(=O)(=O)c1cc(Cl)cc(Cl)c1. The molecule has 0 aliphatic heterocycles. The monoisotopic (exact) mass is 437 g/mol. The Morgan fingerprint density at radius 3 is 2.37 bits per heavy atom. The molecule has 5 nitrogen and oxygen atoms in total. The zero-order valence-corrected chi connectivity index (χ0v) is 14.2. The Labute approximate surface area is 134 Å². The summed E-state index contributed by atoms with van der Waals surface area (Å²) in [4.78, 5) is 11.1. The summed E-state index contributed by atoms with van der Waals surface area (Å²) in [6.07, 6.45) is 0. The number of alkyl halides is 1. The quantitative estimate of drug-likeness (QED) is 0.435. The highest BCUT2D eigenvalue weighted by atomic mass is 127. The minimum atomic E-state index is -3.77. The lowest BCUT2D eigenvalue weighted by Gasteiger charge is -2.10. The number of benzene rings is 1. The number of hydrogen-bond donors (Lipinski definition) is 1. The summed E-state index contributed by atoms with van der Waals surface area (Å²) in [5, 5.41) is 0.429. The number of sulfonamides is 1. The Hall–Kier alpha value is -0.0900. The number of carbonyl (C=O) groups is 1. The molecule has 1 N–H and O–H groups in total. The molecule has 0 aliphatic carbocycles. The molecule has 0 amide bonds. The Balaban J connectivity index is 2.84. The fraction of sp³-hybridized carbons (Fsp3) is 0.300. The average Bonchev–Trinajstić information content (AvgIpc) is 2.33. The standard InChI is InChI=1S/C10H10Cl2INO4S/c1-18-10(15)9(13)5-14-19(16,17)8-3-6(11)2-7(12)4-8/h2-4,9,14H,5H2,1H3. The van der Waals surface area contributed by atoms with Crippen LogP contribution in [0.15, 0.2) is 23.1 Å². The third-order valence-corrected chi connectivity index (χ3v) is 4.84. The minimum absolute atomic E-state index is 0.0570. The molecule has 106 valence electrons. The van der Waals surface area contributed by atoms with E-state index in [1.807, 2.05) is 0 Å². The van der Waals surface area contributed by atoms with Crippen LogP contribution in [0.25, 0.3) is 0 Å². The van der Waals surface area contributed by atoms with Crippen molar-refractivity contribution in [2.45, 2.75) is 8.82 Å². The van der Waals surface area contributed by atoms with Crippen LogP contribution in [0.4, 0.5) is 0 Å². The summed E-state index contributed by atoms with van der Waals surface area (Å²) in [6, 6.07) is 3.98. The van der Waals surface area contributed by atoms with Crippen LogP contribution < -0.4 is 4.72 Å². The van der Waals surface area contributed by atoms with E-state index >= 15 is 0 Å². The molecular weight excluding hydrogens is 428 g/mol. The van der Waals surface area contributed by atoms with Gasteiger partial charge in [-0.2, -0.15) is 0 Å². The number of hydrogen-bond acceptors (Lipinski definition) is 4. The van der Waals surface area contributed by atoms with Crippen molar-refractivity contribution in [3.05, 3.63) is 28.2 Å². The summed E-state index contributed by atoms with van der Waals surface area (Å²) in [6.45, 7) is -0.0836. The fourth-order valence-corrected chi connectivity index (χ4v) is 3.71. The zero-order valence-electron chi connectivity index (χ0n) is 9.69. The number of methoxy groups -OCH3 is 1. The molecule has 0 aromatic heterocycles. The molecule has 0 saturated heterocycles. The molecule has 1 unspecified atom stereocenters. The van der Waals surface area contributed by atoms with Crippen LogP contribution in [0, 0.1) is 0 Å². The van der Waals surface area contributed by atoms with Crippen LogP contribution >= 0.6 is 45.8 Å². The molecule has 0 spiro atoms. The van der Waals surface area contributed by atoms with Crippen molar-refractivity contribution in [3.8, 4) is 0 Å². The van der Waals surface area contributed by atoms with E-state index in [0.29, 0.717) is 0 Å². The van der Waals surface area contributed by atoms with Crippen LogP contribution in [0.5, 0.6) is 0 Å². The van der Waals surface area contributed by atoms with Gasteiger partial charge in [0.25, 0.3) is 0 Å². The van der Waals surface area contributed by atoms with E-state index in [2.05, 4.69) is 9.46 Å². The number of esters is 1. The van der Waals surface area contributed by atoms with Gasteiger partial charge in [-0.1, -0.05) is 45.8 Å². The molecule has 0 radical (unpaired) electrons. The van der Waals surface area contributed by atoms with Gasteiger partial charge in [-0.3, -0.25) is 4.79 Å². The van der Waals surface area contributed by atoms with Crippen LogP contribution in [0.3, 0.4) is 0 Å². The van der Waals surface area contributed by atoms with E-state index in [1.54, 1.807) is 22.6 Å². The van der Waals surface area contributed by atoms with Crippen molar-refractivity contribution >= 4 is 61.8 Å². The number of halogens is 3. The van der Waals surface area contributed by atoms with Gasteiger partial charge in [0.05, 0.1) is 12.0 Å². The van der Waals surface area contributed by atoms with Gasteiger partial charge in [0.1, 0.15) is 3.92 Å².